The van der Waals surface area contributed by atoms with Crippen molar-refractivity contribution < 1.29 is 13.9 Å². The summed E-state index contributed by atoms with van der Waals surface area (Å²) in [6.45, 7) is 4.00. The Balaban J connectivity index is 1.47. The molecule has 2 aromatic carbocycles. The number of nitrogens with two attached hydrogens (primary N) is 1. The summed E-state index contributed by atoms with van der Waals surface area (Å²) in [4.78, 5) is 26.9. The van der Waals surface area contributed by atoms with Crippen molar-refractivity contribution in [1.29, 1.82) is 0 Å². The van der Waals surface area contributed by atoms with Crippen LogP contribution in [0.25, 0.3) is 16.7 Å². The van der Waals surface area contributed by atoms with Gasteiger partial charge < -0.3 is 25.7 Å². The molecule has 1 atom stereocenters. The van der Waals surface area contributed by atoms with Gasteiger partial charge in [0.05, 0.1) is 5.69 Å². The lowest BCUT2D eigenvalue weighted by Gasteiger charge is -2.24. The van der Waals surface area contributed by atoms with Crippen LogP contribution in [0.5, 0.6) is 0 Å². The maximum atomic E-state index is 15.2. The molecule has 1 saturated heterocycles. The molecule has 1 fully saturated rings. The van der Waals surface area contributed by atoms with Crippen LogP contribution < -0.4 is 21.8 Å². The van der Waals surface area contributed by atoms with E-state index in [0.29, 0.717) is 53.0 Å². The number of benzene rings is 2. The number of ether oxygens (including phenoxy) is 1. The number of hydrogen-bond donors (Lipinski definition) is 3. The number of nitrogens with one attached hydrogen (secondary N) is 2. The first-order valence-electron chi connectivity index (χ1n) is 12.9. The third-order valence-electron chi connectivity index (χ3n) is 7.10. The van der Waals surface area contributed by atoms with Crippen molar-refractivity contribution >= 4 is 28.8 Å². The summed E-state index contributed by atoms with van der Waals surface area (Å²) in [6.07, 6.45) is 7.83. The molecule has 3 heterocycles. The summed E-state index contributed by atoms with van der Waals surface area (Å²) in [5.41, 5.74) is 8.77. The molecule has 1 unspecified atom stereocenters. The van der Waals surface area contributed by atoms with Crippen LogP contribution >= 0.6 is 11.6 Å². The van der Waals surface area contributed by atoms with Crippen LogP contribution in [0.4, 0.5) is 10.1 Å². The third-order valence-corrected chi connectivity index (χ3v) is 7.43. The molecule has 1 amide bonds. The highest BCUT2D eigenvalue weighted by atomic mass is 35.5. The van der Waals surface area contributed by atoms with Crippen LogP contribution in [0.3, 0.4) is 0 Å². The Hall–Kier alpha value is -3.72. The Morgan fingerprint density at radius 3 is 2.56 bits per heavy atom. The van der Waals surface area contributed by atoms with E-state index in [9.17, 15) is 9.59 Å². The number of halogens is 2. The molecule has 1 aromatic heterocycles. The molecule has 202 valence electrons. The third kappa shape index (κ3) is 5.98. The predicted molar refractivity (Wildman–Crippen MR) is 152 cm³/mol. The zero-order valence-electron chi connectivity index (χ0n) is 21.5. The van der Waals surface area contributed by atoms with Gasteiger partial charge in [0, 0.05) is 48.3 Å². The van der Waals surface area contributed by atoms with E-state index in [2.05, 4.69) is 10.6 Å². The number of aryl methyl sites for hydroxylation is 1. The number of dihydropyridines is 1. The maximum absolute atomic E-state index is 15.2. The van der Waals surface area contributed by atoms with Gasteiger partial charge in [-0.05, 0) is 61.2 Å². The quantitative estimate of drug-likeness (QED) is 0.403. The van der Waals surface area contributed by atoms with E-state index in [0.717, 1.165) is 18.4 Å². The smallest absolute Gasteiger partial charge is 0.261 e. The van der Waals surface area contributed by atoms with Crippen molar-refractivity contribution in [2.24, 2.45) is 11.7 Å². The number of carbonyl (C=O) groups excluding carboxylic acids is 1. The second-order valence-electron chi connectivity index (χ2n) is 9.92. The lowest BCUT2D eigenvalue weighted by Crippen LogP contribution is -2.37. The number of aromatic nitrogens is 1. The topological polar surface area (TPSA) is 98.4 Å². The molecule has 7 nitrogen and oxygen atoms in total. The fraction of sp³-hybridized carbons (Fsp3) is 0.267. The molecule has 0 bridgehead atoms. The molecule has 9 heteroatoms. The van der Waals surface area contributed by atoms with Gasteiger partial charge in [-0.25, -0.2) is 4.39 Å². The van der Waals surface area contributed by atoms with Gasteiger partial charge in [-0.1, -0.05) is 47.5 Å². The van der Waals surface area contributed by atoms with Gasteiger partial charge in [-0.2, -0.15) is 0 Å². The fourth-order valence-corrected chi connectivity index (χ4v) is 5.19. The maximum Gasteiger partial charge on any atom is 0.261 e. The average molecular weight is 549 g/mol. The minimum absolute atomic E-state index is 0.0514. The Bertz CT molecular complexity index is 1510. The SMILES string of the molecule is Cc1ccc(-c2cn(CC3CCOCC3)cc(C(=O)Nc3ccc(C4=C(Cl)C=CNC4N)cc3F)c2=O)cc1. The number of carbonyl (C=O) groups is 1. The standard InChI is InChI=1S/C30H30ClFN4O3/c1-18-2-4-20(5-3-18)22-16-36(15-19-9-12-39-13-10-19)17-23(28(22)37)30(38)35-26-7-6-21(14-25(26)32)27-24(31)8-11-34-29(27)33/h2-8,11,14,16-17,19,29,34H,9-10,12-13,15,33H2,1H3,(H,35,38). The Morgan fingerprint density at radius 2 is 1.87 bits per heavy atom. The van der Waals surface area contributed by atoms with Crippen LogP contribution in [-0.2, 0) is 11.3 Å². The van der Waals surface area contributed by atoms with Crippen LogP contribution in [0.1, 0.15) is 34.3 Å². The number of allylic oxidation sites excluding steroid dienone is 2. The van der Waals surface area contributed by atoms with Crippen LogP contribution in [0, 0.1) is 18.7 Å². The predicted octanol–water partition coefficient (Wildman–Crippen LogP) is 4.99. The number of pyridine rings is 1. The van der Waals surface area contributed by atoms with E-state index in [1.165, 1.54) is 12.1 Å². The normalized spacial score (nSPS) is 17.7. The second-order valence-corrected chi connectivity index (χ2v) is 10.3. The summed E-state index contributed by atoms with van der Waals surface area (Å²) < 4.78 is 22.5. The van der Waals surface area contributed by atoms with E-state index in [4.69, 9.17) is 22.1 Å². The molecule has 2 aliphatic heterocycles. The van der Waals surface area contributed by atoms with Gasteiger partial charge in [-0.15, -0.1) is 0 Å². The first kappa shape index (κ1) is 26.9. The molecule has 2 aliphatic rings. The molecule has 39 heavy (non-hydrogen) atoms. The zero-order chi connectivity index (χ0) is 27.5. The number of amides is 1. The Kier molecular flexibility index (Phi) is 7.97. The van der Waals surface area contributed by atoms with E-state index < -0.39 is 23.3 Å². The van der Waals surface area contributed by atoms with Gasteiger partial charge in [0.1, 0.15) is 17.5 Å². The number of anilines is 1. The Morgan fingerprint density at radius 1 is 1.15 bits per heavy atom. The first-order valence-corrected chi connectivity index (χ1v) is 13.3. The van der Waals surface area contributed by atoms with Crippen molar-refractivity contribution in [3.8, 4) is 11.1 Å². The highest BCUT2D eigenvalue weighted by Gasteiger charge is 2.22. The summed E-state index contributed by atoms with van der Waals surface area (Å²) in [7, 11) is 0. The Labute approximate surface area is 231 Å². The molecule has 4 N–H and O–H groups in total. The van der Waals surface area contributed by atoms with Gasteiger partial charge in [0.2, 0.25) is 5.43 Å². The molecule has 0 spiro atoms. The highest BCUT2D eigenvalue weighted by Crippen LogP contribution is 2.29. The number of nitrogens with zero attached hydrogens (tertiary/aromatic N) is 1. The zero-order valence-corrected chi connectivity index (χ0v) is 22.3. The molecule has 0 radical (unpaired) electrons. The van der Waals surface area contributed by atoms with Crippen LogP contribution in [0.15, 0.2) is 77.0 Å². The van der Waals surface area contributed by atoms with Crippen molar-refractivity contribution in [3.63, 3.8) is 0 Å². The molecule has 5 rings (SSSR count). The lowest BCUT2D eigenvalue weighted by atomic mass is 9.99. The fourth-order valence-electron chi connectivity index (χ4n) is 4.90. The minimum Gasteiger partial charge on any atom is -0.381 e. The number of rotatable bonds is 6. The summed E-state index contributed by atoms with van der Waals surface area (Å²) in [5, 5.41) is 5.91. The average Bonchev–Trinajstić information content (AvgIpc) is 2.92. The van der Waals surface area contributed by atoms with E-state index >= 15 is 4.39 Å². The second kappa shape index (κ2) is 11.6. The molecular weight excluding hydrogens is 519 g/mol. The van der Waals surface area contributed by atoms with Crippen LogP contribution in [-0.4, -0.2) is 29.9 Å². The van der Waals surface area contributed by atoms with Gasteiger partial charge in [-0.3, -0.25) is 9.59 Å². The van der Waals surface area contributed by atoms with Crippen LogP contribution in [0.2, 0.25) is 0 Å². The summed E-state index contributed by atoms with van der Waals surface area (Å²) >= 11 is 6.28. The van der Waals surface area contributed by atoms with E-state index in [1.54, 1.807) is 30.7 Å². The molecular formula is C30H30ClFN4O3. The number of hydrogen-bond acceptors (Lipinski definition) is 5. The summed E-state index contributed by atoms with van der Waals surface area (Å²) in [5.74, 6) is -0.987. The van der Waals surface area contributed by atoms with Crippen molar-refractivity contribution in [2.75, 3.05) is 18.5 Å². The first-order chi connectivity index (χ1) is 18.8. The molecule has 3 aromatic rings. The lowest BCUT2D eigenvalue weighted by molar-refractivity contribution is 0.0612. The molecule has 0 saturated carbocycles. The summed E-state index contributed by atoms with van der Waals surface area (Å²) in [6, 6.07) is 11.9. The van der Waals surface area contributed by atoms with Crippen molar-refractivity contribution in [3.05, 3.63) is 105 Å². The minimum atomic E-state index is -0.683. The van der Waals surface area contributed by atoms with Gasteiger partial charge in [0.25, 0.3) is 5.91 Å². The van der Waals surface area contributed by atoms with Gasteiger partial charge in [0.15, 0.2) is 0 Å². The highest BCUT2D eigenvalue weighted by molar-refractivity contribution is 6.34. The van der Waals surface area contributed by atoms with Crippen molar-refractivity contribution in [2.45, 2.75) is 32.5 Å². The largest absolute Gasteiger partial charge is 0.381 e. The van der Waals surface area contributed by atoms with E-state index in [-0.39, 0.29) is 11.3 Å². The van der Waals surface area contributed by atoms with Crippen molar-refractivity contribution in [1.82, 2.24) is 9.88 Å². The van der Waals surface area contributed by atoms with E-state index in [1.807, 2.05) is 35.8 Å². The molecule has 0 aliphatic carbocycles. The van der Waals surface area contributed by atoms with Gasteiger partial charge >= 0.3 is 0 Å². The monoisotopic (exact) mass is 548 g/mol.